The Kier molecular flexibility index (Phi) is 6.39. The van der Waals surface area contributed by atoms with Crippen LogP contribution in [0.25, 0.3) is 11.3 Å². The van der Waals surface area contributed by atoms with E-state index in [1.165, 1.54) is 17.8 Å². The second kappa shape index (κ2) is 9.35. The highest BCUT2D eigenvalue weighted by Gasteiger charge is 2.12. The standard InChI is InChI=1S/C22H25FN4OS/c23-18-4-6-19(7-5-18)25-22-27(11-1-10-24)21(16-29-22)17-2-8-20(9-3-17)26-12-14-28-15-13-26/h2-9,16H,1,10-15,24H2. The van der Waals surface area contributed by atoms with Crippen LogP contribution in [-0.4, -0.2) is 37.4 Å². The van der Waals surface area contributed by atoms with Gasteiger partial charge >= 0.3 is 0 Å². The minimum absolute atomic E-state index is 0.257. The van der Waals surface area contributed by atoms with Crippen LogP contribution in [0.2, 0.25) is 0 Å². The predicted octanol–water partition coefficient (Wildman–Crippen LogP) is 3.77. The number of aromatic nitrogens is 1. The van der Waals surface area contributed by atoms with Gasteiger partial charge in [0.15, 0.2) is 4.80 Å². The summed E-state index contributed by atoms with van der Waals surface area (Å²) >= 11 is 1.59. The van der Waals surface area contributed by atoms with Gasteiger partial charge in [-0.3, -0.25) is 0 Å². The van der Waals surface area contributed by atoms with Gasteiger partial charge in [-0.1, -0.05) is 12.1 Å². The molecule has 29 heavy (non-hydrogen) atoms. The zero-order valence-corrected chi connectivity index (χ0v) is 17.1. The number of halogens is 1. The van der Waals surface area contributed by atoms with E-state index in [9.17, 15) is 4.39 Å². The summed E-state index contributed by atoms with van der Waals surface area (Å²) in [6.45, 7) is 4.82. The zero-order chi connectivity index (χ0) is 20.1. The number of hydrogen-bond donors (Lipinski definition) is 1. The fraction of sp³-hybridized carbons (Fsp3) is 0.318. The molecule has 3 aromatic rings. The second-order valence-electron chi connectivity index (χ2n) is 6.93. The van der Waals surface area contributed by atoms with Crippen molar-refractivity contribution in [1.82, 2.24) is 4.57 Å². The summed E-state index contributed by atoms with van der Waals surface area (Å²) in [4.78, 5) is 7.96. The molecule has 2 aromatic carbocycles. The lowest BCUT2D eigenvalue weighted by atomic mass is 10.1. The summed E-state index contributed by atoms with van der Waals surface area (Å²) in [7, 11) is 0. The molecule has 1 saturated heterocycles. The van der Waals surface area contributed by atoms with E-state index in [1.54, 1.807) is 23.5 Å². The number of thiazole rings is 1. The maximum Gasteiger partial charge on any atom is 0.190 e. The van der Waals surface area contributed by atoms with Gasteiger partial charge in [0.2, 0.25) is 0 Å². The molecule has 0 radical (unpaired) electrons. The van der Waals surface area contributed by atoms with Crippen LogP contribution >= 0.6 is 11.3 Å². The Morgan fingerprint density at radius 2 is 1.76 bits per heavy atom. The molecule has 7 heteroatoms. The van der Waals surface area contributed by atoms with E-state index in [0.717, 1.165) is 61.0 Å². The van der Waals surface area contributed by atoms with Crippen LogP contribution in [-0.2, 0) is 11.3 Å². The molecule has 2 heterocycles. The van der Waals surface area contributed by atoms with Gasteiger partial charge in [0.05, 0.1) is 24.6 Å². The van der Waals surface area contributed by atoms with E-state index in [4.69, 9.17) is 15.5 Å². The molecular formula is C22H25FN4OS. The smallest absolute Gasteiger partial charge is 0.190 e. The van der Waals surface area contributed by atoms with Crippen LogP contribution in [0.15, 0.2) is 58.9 Å². The molecular weight excluding hydrogens is 387 g/mol. The first kappa shape index (κ1) is 19.8. The van der Waals surface area contributed by atoms with Gasteiger partial charge in [0, 0.05) is 30.7 Å². The van der Waals surface area contributed by atoms with Gasteiger partial charge in [-0.2, -0.15) is 0 Å². The lowest BCUT2D eigenvalue weighted by molar-refractivity contribution is 0.122. The largest absolute Gasteiger partial charge is 0.378 e. The van der Waals surface area contributed by atoms with E-state index in [0.29, 0.717) is 6.54 Å². The summed E-state index contributed by atoms with van der Waals surface area (Å²) in [5.74, 6) is -0.257. The van der Waals surface area contributed by atoms with Crippen molar-refractivity contribution in [2.24, 2.45) is 10.7 Å². The van der Waals surface area contributed by atoms with E-state index in [1.807, 2.05) is 0 Å². The third-order valence-electron chi connectivity index (χ3n) is 4.97. The maximum atomic E-state index is 13.2. The lowest BCUT2D eigenvalue weighted by Gasteiger charge is -2.28. The Morgan fingerprint density at radius 3 is 2.45 bits per heavy atom. The molecule has 1 fully saturated rings. The number of ether oxygens (including phenoxy) is 1. The Morgan fingerprint density at radius 1 is 1.03 bits per heavy atom. The number of morpholine rings is 1. The first-order chi connectivity index (χ1) is 14.2. The number of benzene rings is 2. The predicted molar refractivity (Wildman–Crippen MR) is 116 cm³/mol. The summed E-state index contributed by atoms with van der Waals surface area (Å²) in [5, 5.41) is 2.13. The third-order valence-corrected chi connectivity index (χ3v) is 5.84. The van der Waals surface area contributed by atoms with Crippen LogP contribution < -0.4 is 15.4 Å². The van der Waals surface area contributed by atoms with Gasteiger partial charge in [-0.25, -0.2) is 9.38 Å². The molecule has 1 aliphatic rings. The molecule has 4 rings (SSSR count). The molecule has 0 bridgehead atoms. The Balaban J connectivity index is 1.66. The summed E-state index contributed by atoms with van der Waals surface area (Å²) in [6.07, 6.45) is 0.867. The quantitative estimate of drug-likeness (QED) is 0.671. The van der Waals surface area contributed by atoms with E-state index in [-0.39, 0.29) is 5.82 Å². The van der Waals surface area contributed by atoms with Crippen LogP contribution in [0, 0.1) is 5.82 Å². The fourth-order valence-corrected chi connectivity index (χ4v) is 4.36. The third kappa shape index (κ3) is 4.75. The van der Waals surface area contributed by atoms with Crippen LogP contribution in [0.3, 0.4) is 0 Å². The highest BCUT2D eigenvalue weighted by molar-refractivity contribution is 7.07. The SMILES string of the molecule is NCCCn1c(-c2ccc(N3CCOCC3)cc2)csc1=Nc1ccc(F)cc1. The first-order valence-electron chi connectivity index (χ1n) is 9.86. The molecule has 152 valence electrons. The number of nitrogens with two attached hydrogens (primary N) is 1. The molecule has 0 amide bonds. The highest BCUT2D eigenvalue weighted by atomic mass is 32.1. The van der Waals surface area contributed by atoms with Crippen molar-refractivity contribution in [3.8, 4) is 11.3 Å². The molecule has 0 atom stereocenters. The Labute approximate surface area is 173 Å². The zero-order valence-electron chi connectivity index (χ0n) is 16.3. The van der Waals surface area contributed by atoms with E-state index >= 15 is 0 Å². The molecule has 0 unspecified atom stereocenters. The van der Waals surface area contributed by atoms with Crippen LogP contribution in [0.5, 0.6) is 0 Å². The normalized spacial score (nSPS) is 15.1. The average Bonchev–Trinajstić information content (AvgIpc) is 3.17. The summed E-state index contributed by atoms with van der Waals surface area (Å²) in [5.41, 5.74) is 9.99. The van der Waals surface area contributed by atoms with E-state index in [2.05, 4.69) is 39.1 Å². The molecule has 2 N–H and O–H groups in total. The lowest BCUT2D eigenvalue weighted by Crippen LogP contribution is -2.36. The minimum atomic E-state index is -0.257. The minimum Gasteiger partial charge on any atom is -0.378 e. The average molecular weight is 413 g/mol. The van der Waals surface area contributed by atoms with Crippen molar-refractivity contribution in [3.63, 3.8) is 0 Å². The van der Waals surface area contributed by atoms with Crippen LogP contribution in [0.4, 0.5) is 15.8 Å². The molecule has 1 aliphatic heterocycles. The molecule has 1 aromatic heterocycles. The monoisotopic (exact) mass is 412 g/mol. The Hall–Kier alpha value is -2.48. The fourth-order valence-electron chi connectivity index (χ4n) is 3.41. The van der Waals surface area contributed by atoms with Gasteiger partial charge < -0.3 is 19.9 Å². The summed E-state index contributed by atoms with van der Waals surface area (Å²) < 4.78 is 20.8. The van der Waals surface area contributed by atoms with Crippen molar-refractivity contribution >= 4 is 22.7 Å². The number of hydrogen-bond acceptors (Lipinski definition) is 5. The van der Waals surface area contributed by atoms with Crippen molar-refractivity contribution in [3.05, 3.63) is 64.5 Å². The van der Waals surface area contributed by atoms with Crippen molar-refractivity contribution in [1.29, 1.82) is 0 Å². The van der Waals surface area contributed by atoms with E-state index < -0.39 is 0 Å². The highest BCUT2D eigenvalue weighted by Crippen LogP contribution is 2.25. The molecule has 5 nitrogen and oxygen atoms in total. The van der Waals surface area contributed by atoms with Crippen molar-refractivity contribution < 1.29 is 9.13 Å². The Bertz CT molecular complexity index is 989. The van der Waals surface area contributed by atoms with Crippen molar-refractivity contribution in [2.45, 2.75) is 13.0 Å². The summed E-state index contributed by atoms with van der Waals surface area (Å²) in [6, 6.07) is 14.9. The van der Waals surface area contributed by atoms with Gasteiger partial charge in [0.25, 0.3) is 0 Å². The maximum absolute atomic E-state index is 13.2. The van der Waals surface area contributed by atoms with Gasteiger partial charge in [0.1, 0.15) is 5.82 Å². The first-order valence-corrected chi connectivity index (χ1v) is 10.7. The number of anilines is 1. The van der Waals surface area contributed by atoms with Crippen molar-refractivity contribution in [2.75, 3.05) is 37.7 Å². The van der Waals surface area contributed by atoms with Gasteiger partial charge in [-0.05, 0) is 54.9 Å². The van der Waals surface area contributed by atoms with Crippen LogP contribution in [0.1, 0.15) is 6.42 Å². The second-order valence-corrected chi connectivity index (χ2v) is 7.77. The molecule has 0 aliphatic carbocycles. The van der Waals surface area contributed by atoms with Gasteiger partial charge in [-0.15, -0.1) is 11.3 Å². The topological polar surface area (TPSA) is 55.8 Å². The molecule has 0 spiro atoms. The molecule has 0 saturated carbocycles. The number of rotatable bonds is 6. The number of nitrogens with zero attached hydrogens (tertiary/aromatic N) is 3.